The summed E-state index contributed by atoms with van der Waals surface area (Å²) in [6.45, 7) is 8.25. The molecule has 2 rings (SSSR count). The topological polar surface area (TPSA) is 61.8 Å². The van der Waals surface area contributed by atoms with Gasteiger partial charge in [0.15, 0.2) is 12.7 Å². The molecular formula is C19H26O5. The number of ketones is 1. The highest BCUT2D eigenvalue weighted by atomic mass is 16.6. The Labute approximate surface area is 143 Å². The highest BCUT2D eigenvalue weighted by molar-refractivity contribution is 6.00. The fraction of sp³-hybridized carbons (Fsp3) is 0.579. The molecule has 1 heterocycles. The maximum atomic E-state index is 12.4. The van der Waals surface area contributed by atoms with Crippen molar-refractivity contribution in [2.75, 3.05) is 19.8 Å². The van der Waals surface area contributed by atoms with Gasteiger partial charge in [-0.2, -0.15) is 0 Å². The fourth-order valence-electron chi connectivity index (χ4n) is 3.04. The minimum Gasteiger partial charge on any atom is -0.455 e. The normalized spacial score (nSPS) is 18.4. The molecule has 1 aromatic rings. The lowest BCUT2D eigenvalue weighted by molar-refractivity contribution is -0.156. The number of benzene rings is 1. The molecule has 0 aromatic heterocycles. The van der Waals surface area contributed by atoms with E-state index in [2.05, 4.69) is 0 Å². The van der Waals surface area contributed by atoms with Crippen LogP contribution in [0.1, 0.15) is 46.8 Å². The van der Waals surface area contributed by atoms with E-state index in [1.807, 2.05) is 32.9 Å². The van der Waals surface area contributed by atoms with E-state index < -0.39 is 12.1 Å². The molecule has 5 heteroatoms. The first kappa shape index (κ1) is 18.6. The summed E-state index contributed by atoms with van der Waals surface area (Å²) in [5, 5.41) is 0. The van der Waals surface area contributed by atoms with Crippen molar-refractivity contribution in [1.82, 2.24) is 0 Å². The highest BCUT2D eigenvalue weighted by Gasteiger charge is 2.22. The zero-order valence-corrected chi connectivity index (χ0v) is 14.9. The van der Waals surface area contributed by atoms with Crippen LogP contribution < -0.4 is 0 Å². The van der Waals surface area contributed by atoms with Crippen molar-refractivity contribution >= 4 is 11.8 Å². The summed E-state index contributed by atoms with van der Waals surface area (Å²) in [4.78, 5) is 24.3. The van der Waals surface area contributed by atoms with Gasteiger partial charge < -0.3 is 14.2 Å². The number of carbonyl (C=O) groups is 2. The number of aryl methyl sites for hydroxylation is 3. The van der Waals surface area contributed by atoms with Gasteiger partial charge in [-0.25, -0.2) is 4.79 Å². The highest BCUT2D eigenvalue weighted by Crippen LogP contribution is 2.17. The lowest BCUT2D eigenvalue weighted by Crippen LogP contribution is -2.29. The molecule has 0 aliphatic carbocycles. The lowest BCUT2D eigenvalue weighted by atomic mass is 9.97. The molecule has 0 saturated carbocycles. The first-order valence-corrected chi connectivity index (χ1v) is 8.39. The minimum atomic E-state index is -0.706. The lowest BCUT2D eigenvalue weighted by Gasteiger charge is -2.16. The van der Waals surface area contributed by atoms with Crippen LogP contribution in [0, 0.1) is 20.8 Å². The van der Waals surface area contributed by atoms with Crippen molar-refractivity contribution in [3.05, 3.63) is 34.4 Å². The molecule has 1 aliphatic rings. The van der Waals surface area contributed by atoms with Crippen LogP contribution in [-0.2, 0) is 19.0 Å². The Balaban J connectivity index is 1.83. The predicted octanol–water partition coefficient (Wildman–Crippen LogP) is 2.92. The minimum absolute atomic E-state index is 0.0553. The van der Waals surface area contributed by atoms with E-state index in [-0.39, 0.29) is 18.5 Å². The van der Waals surface area contributed by atoms with E-state index in [0.29, 0.717) is 12.2 Å². The van der Waals surface area contributed by atoms with Crippen LogP contribution in [0.25, 0.3) is 0 Å². The maximum absolute atomic E-state index is 12.4. The quantitative estimate of drug-likeness (QED) is 0.567. The molecule has 0 N–H and O–H groups in total. The summed E-state index contributed by atoms with van der Waals surface area (Å²) < 4.78 is 16.0. The number of rotatable bonds is 7. The predicted molar refractivity (Wildman–Crippen MR) is 90.3 cm³/mol. The number of ether oxygens (including phenoxy) is 3. The summed E-state index contributed by atoms with van der Waals surface area (Å²) in [6, 6.07) is 3.91. The molecule has 0 spiro atoms. The Kier molecular flexibility index (Phi) is 6.52. The largest absolute Gasteiger partial charge is 0.455 e. The summed E-state index contributed by atoms with van der Waals surface area (Å²) in [6.07, 6.45) is 1.32. The zero-order valence-electron chi connectivity index (χ0n) is 14.9. The van der Waals surface area contributed by atoms with Gasteiger partial charge in [0, 0.05) is 12.2 Å². The van der Waals surface area contributed by atoms with Crippen molar-refractivity contribution in [3.63, 3.8) is 0 Å². The second kappa shape index (κ2) is 8.40. The first-order chi connectivity index (χ1) is 11.4. The van der Waals surface area contributed by atoms with Crippen LogP contribution in [0.4, 0.5) is 0 Å². The van der Waals surface area contributed by atoms with Crippen LogP contribution in [0.15, 0.2) is 12.1 Å². The fourth-order valence-corrected chi connectivity index (χ4v) is 3.04. The molecule has 1 saturated heterocycles. The monoisotopic (exact) mass is 334 g/mol. The molecule has 0 amide bonds. The van der Waals surface area contributed by atoms with E-state index in [1.54, 1.807) is 6.92 Å². The molecular weight excluding hydrogens is 308 g/mol. The van der Waals surface area contributed by atoms with Crippen LogP contribution in [-0.4, -0.2) is 43.8 Å². The van der Waals surface area contributed by atoms with Crippen molar-refractivity contribution in [2.45, 2.75) is 52.7 Å². The zero-order chi connectivity index (χ0) is 17.7. The third kappa shape index (κ3) is 4.89. The average Bonchev–Trinajstić information content (AvgIpc) is 3.02. The van der Waals surface area contributed by atoms with Gasteiger partial charge in [0.2, 0.25) is 5.78 Å². The molecule has 132 valence electrons. The van der Waals surface area contributed by atoms with E-state index >= 15 is 0 Å². The second-order valence-electron chi connectivity index (χ2n) is 6.42. The van der Waals surface area contributed by atoms with Gasteiger partial charge in [0.05, 0.1) is 12.7 Å². The van der Waals surface area contributed by atoms with E-state index in [0.717, 1.165) is 36.1 Å². The van der Waals surface area contributed by atoms with Gasteiger partial charge in [0.1, 0.15) is 0 Å². The van der Waals surface area contributed by atoms with Crippen molar-refractivity contribution in [1.29, 1.82) is 0 Å². The Morgan fingerprint density at radius 3 is 2.50 bits per heavy atom. The Morgan fingerprint density at radius 1 is 1.25 bits per heavy atom. The maximum Gasteiger partial charge on any atom is 0.335 e. The molecule has 2 atom stereocenters. The molecule has 24 heavy (non-hydrogen) atoms. The van der Waals surface area contributed by atoms with Crippen molar-refractivity contribution in [3.8, 4) is 0 Å². The summed E-state index contributed by atoms with van der Waals surface area (Å²) in [5.74, 6) is -0.714. The smallest absolute Gasteiger partial charge is 0.335 e. The third-order valence-electron chi connectivity index (χ3n) is 4.19. The SMILES string of the molecule is Cc1cc(C)c(C(=O)COC(=O)C(C)OCC2CCCO2)c(C)c1. The van der Waals surface area contributed by atoms with E-state index in [9.17, 15) is 9.59 Å². The standard InChI is InChI=1S/C19H26O5/c1-12-8-13(2)18(14(3)9-12)17(20)11-24-19(21)15(4)23-10-16-6-5-7-22-16/h8-9,15-16H,5-7,10-11H2,1-4H3. The number of carbonyl (C=O) groups excluding carboxylic acids is 2. The van der Waals surface area contributed by atoms with Gasteiger partial charge in [0.25, 0.3) is 0 Å². The van der Waals surface area contributed by atoms with Crippen LogP contribution in [0.5, 0.6) is 0 Å². The van der Waals surface area contributed by atoms with Gasteiger partial charge >= 0.3 is 5.97 Å². The number of hydrogen-bond acceptors (Lipinski definition) is 5. The molecule has 1 aliphatic heterocycles. The Morgan fingerprint density at radius 2 is 1.92 bits per heavy atom. The summed E-state index contributed by atoms with van der Waals surface area (Å²) in [5.41, 5.74) is 3.53. The number of Topliss-reactive ketones (excluding diaryl/α,β-unsaturated/α-hetero) is 1. The van der Waals surface area contributed by atoms with Crippen molar-refractivity contribution in [2.24, 2.45) is 0 Å². The van der Waals surface area contributed by atoms with Crippen LogP contribution in [0.2, 0.25) is 0 Å². The molecule has 0 radical (unpaired) electrons. The Hall–Kier alpha value is -1.72. The van der Waals surface area contributed by atoms with Gasteiger partial charge in [-0.15, -0.1) is 0 Å². The molecule has 1 aromatic carbocycles. The third-order valence-corrected chi connectivity index (χ3v) is 4.19. The number of hydrogen-bond donors (Lipinski definition) is 0. The summed E-state index contributed by atoms with van der Waals surface area (Å²) >= 11 is 0. The Bertz CT molecular complexity index is 579. The van der Waals surface area contributed by atoms with E-state index in [4.69, 9.17) is 14.2 Å². The molecule has 5 nitrogen and oxygen atoms in total. The number of esters is 1. The van der Waals surface area contributed by atoms with E-state index in [1.165, 1.54) is 0 Å². The molecule has 0 bridgehead atoms. The average molecular weight is 334 g/mol. The van der Waals surface area contributed by atoms with Crippen molar-refractivity contribution < 1.29 is 23.8 Å². The van der Waals surface area contributed by atoms with Gasteiger partial charge in [-0.3, -0.25) is 4.79 Å². The molecule has 1 fully saturated rings. The summed E-state index contributed by atoms with van der Waals surface area (Å²) in [7, 11) is 0. The van der Waals surface area contributed by atoms with Gasteiger partial charge in [-0.1, -0.05) is 17.7 Å². The van der Waals surface area contributed by atoms with Crippen LogP contribution in [0.3, 0.4) is 0 Å². The first-order valence-electron chi connectivity index (χ1n) is 8.39. The molecule has 2 unspecified atom stereocenters. The second-order valence-corrected chi connectivity index (χ2v) is 6.42. The van der Waals surface area contributed by atoms with Crippen LogP contribution >= 0.6 is 0 Å². The van der Waals surface area contributed by atoms with Gasteiger partial charge in [-0.05, 0) is 51.7 Å².